The van der Waals surface area contributed by atoms with Crippen LogP contribution in [-0.4, -0.2) is 46.2 Å². The maximum atomic E-state index is 12.0. The zero-order valence-corrected chi connectivity index (χ0v) is 13.2. The molecule has 1 heterocycles. The topological polar surface area (TPSA) is 89.9 Å². The lowest BCUT2D eigenvalue weighted by Crippen LogP contribution is -2.22. The molecule has 126 valence electrons. The monoisotopic (exact) mass is 320 g/mol. The fourth-order valence-corrected chi connectivity index (χ4v) is 2.75. The van der Waals surface area contributed by atoms with Gasteiger partial charge in [-0.05, 0) is 30.9 Å². The van der Waals surface area contributed by atoms with Crippen molar-refractivity contribution in [2.45, 2.75) is 44.8 Å². The number of benzene rings is 1. The molecule has 1 aliphatic heterocycles. The summed E-state index contributed by atoms with van der Waals surface area (Å²) < 4.78 is 0. The van der Waals surface area contributed by atoms with Crippen molar-refractivity contribution < 1.29 is 19.8 Å². The first-order chi connectivity index (χ1) is 11.0. The van der Waals surface area contributed by atoms with Gasteiger partial charge in [0.1, 0.15) is 0 Å². The van der Waals surface area contributed by atoms with E-state index in [1.807, 2.05) is 24.3 Å². The van der Waals surface area contributed by atoms with Crippen molar-refractivity contribution in [1.29, 1.82) is 0 Å². The molecule has 3 N–H and O–H groups in total. The van der Waals surface area contributed by atoms with Gasteiger partial charge in [-0.2, -0.15) is 0 Å². The predicted octanol–water partition coefficient (Wildman–Crippen LogP) is 1.84. The molecular weight excluding hydrogens is 296 g/mol. The van der Waals surface area contributed by atoms with Gasteiger partial charge in [0.05, 0.1) is 6.10 Å². The summed E-state index contributed by atoms with van der Waals surface area (Å²) in [5, 5.41) is 21.1. The van der Waals surface area contributed by atoms with E-state index in [1.165, 1.54) is 0 Å². The molecule has 23 heavy (non-hydrogen) atoms. The maximum Gasteiger partial charge on any atom is 0.303 e. The van der Waals surface area contributed by atoms with Crippen molar-refractivity contribution in [2.24, 2.45) is 0 Å². The van der Waals surface area contributed by atoms with Crippen molar-refractivity contribution in [2.75, 3.05) is 18.4 Å². The first-order valence-electron chi connectivity index (χ1n) is 8.04. The van der Waals surface area contributed by atoms with Crippen LogP contribution in [0.1, 0.15) is 37.7 Å². The minimum atomic E-state index is -0.830. The SMILES string of the molecule is O=C(O)CCCCC(=O)Nc1ccccc1CN1CC[C@H](O)C1. The Morgan fingerprint density at radius 3 is 2.65 bits per heavy atom. The summed E-state index contributed by atoms with van der Waals surface area (Å²) in [7, 11) is 0. The Labute approximate surface area is 136 Å². The van der Waals surface area contributed by atoms with Gasteiger partial charge in [-0.3, -0.25) is 14.5 Å². The van der Waals surface area contributed by atoms with Gasteiger partial charge in [0, 0.05) is 38.2 Å². The van der Waals surface area contributed by atoms with Crippen molar-refractivity contribution in [3.8, 4) is 0 Å². The molecule has 1 aromatic rings. The van der Waals surface area contributed by atoms with E-state index in [-0.39, 0.29) is 18.4 Å². The van der Waals surface area contributed by atoms with Gasteiger partial charge in [0.25, 0.3) is 0 Å². The number of hydrogen-bond acceptors (Lipinski definition) is 4. The Bertz CT molecular complexity index is 547. The highest BCUT2D eigenvalue weighted by atomic mass is 16.4. The second kappa shape index (κ2) is 8.64. The Hall–Kier alpha value is -1.92. The number of nitrogens with one attached hydrogen (secondary N) is 1. The molecule has 0 aromatic heterocycles. The summed E-state index contributed by atoms with van der Waals surface area (Å²) in [5.41, 5.74) is 1.82. The molecule has 6 nitrogen and oxygen atoms in total. The number of likely N-dealkylation sites (tertiary alicyclic amines) is 1. The number of para-hydroxylation sites is 1. The highest BCUT2D eigenvalue weighted by Gasteiger charge is 2.21. The minimum Gasteiger partial charge on any atom is -0.481 e. The molecule has 1 aliphatic rings. The van der Waals surface area contributed by atoms with Crippen molar-refractivity contribution in [1.82, 2.24) is 4.90 Å². The number of β-amino-alcohol motifs (C(OH)–C–C–N with tert-alkyl or cyclic N) is 1. The molecule has 1 aromatic carbocycles. The first kappa shape index (κ1) is 17.4. The van der Waals surface area contributed by atoms with Gasteiger partial charge in [-0.15, -0.1) is 0 Å². The fraction of sp³-hybridized carbons (Fsp3) is 0.529. The van der Waals surface area contributed by atoms with Crippen molar-refractivity contribution >= 4 is 17.6 Å². The number of rotatable bonds is 8. The number of hydrogen-bond donors (Lipinski definition) is 3. The molecule has 1 saturated heterocycles. The average Bonchev–Trinajstić information content (AvgIpc) is 2.91. The van der Waals surface area contributed by atoms with Crippen LogP contribution in [0.3, 0.4) is 0 Å². The smallest absolute Gasteiger partial charge is 0.303 e. The first-order valence-corrected chi connectivity index (χ1v) is 8.04. The fourth-order valence-electron chi connectivity index (χ4n) is 2.75. The molecule has 0 radical (unpaired) electrons. The Morgan fingerprint density at radius 1 is 1.22 bits per heavy atom. The second-order valence-corrected chi connectivity index (χ2v) is 5.98. The standard InChI is InChI=1S/C17H24N2O4/c20-14-9-10-19(12-14)11-13-5-1-2-6-15(13)18-16(21)7-3-4-8-17(22)23/h1-2,5-6,14,20H,3-4,7-12H2,(H,18,21)(H,22,23)/t14-/m0/s1. The Morgan fingerprint density at radius 2 is 1.96 bits per heavy atom. The summed E-state index contributed by atoms with van der Waals surface area (Å²) in [5.74, 6) is -0.923. The van der Waals surface area contributed by atoms with Crippen LogP contribution >= 0.6 is 0 Å². The van der Waals surface area contributed by atoms with Gasteiger partial charge in [0.15, 0.2) is 0 Å². The highest BCUT2D eigenvalue weighted by molar-refractivity contribution is 5.91. The van der Waals surface area contributed by atoms with Crippen LogP contribution in [0.5, 0.6) is 0 Å². The zero-order valence-electron chi connectivity index (χ0n) is 13.2. The molecular formula is C17H24N2O4. The number of amides is 1. The number of unbranched alkanes of at least 4 members (excludes halogenated alkanes) is 1. The third-order valence-electron chi connectivity index (χ3n) is 3.98. The average molecular weight is 320 g/mol. The minimum absolute atomic E-state index is 0.0932. The summed E-state index contributed by atoms with van der Waals surface area (Å²) in [6, 6.07) is 7.66. The third kappa shape index (κ3) is 6.00. The number of nitrogens with zero attached hydrogens (tertiary/aromatic N) is 1. The number of aliphatic hydroxyl groups excluding tert-OH is 1. The molecule has 0 spiro atoms. The lowest BCUT2D eigenvalue weighted by Gasteiger charge is -2.18. The van der Waals surface area contributed by atoms with Crippen LogP contribution in [0.25, 0.3) is 0 Å². The Kier molecular flexibility index (Phi) is 6.55. The van der Waals surface area contributed by atoms with Gasteiger partial charge in [-0.25, -0.2) is 0 Å². The van der Waals surface area contributed by atoms with Crippen LogP contribution in [0.15, 0.2) is 24.3 Å². The van der Waals surface area contributed by atoms with Crippen molar-refractivity contribution in [3.63, 3.8) is 0 Å². The third-order valence-corrected chi connectivity index (χ3v) is 3.98. The molecule has 6 heteroatoms. The molecule has 1 amide bonds. The summed E-state index contributed by atoms with van der Waals surface area (Å²) in [4.78, 5) is 24.6. The quantitative estimate of drug-likeness (QED) is 0.636. The van der Waals surface area contributed by atoms with Gasteiger partial charge < -0.3 is 15.5 Å². The predicted molar refractivity (Wildman–Crippen MR) is 87.1 cm³/mol. The van der Waals surface area contributed by atoms with E-state index in [2.05, 4.69) is 10.2 Å². The molecule has 1 atom stereocenters. The van der Waals surface area contributed by atoms with E-state index in [1.54, 1.807) is 0 Å². The number of aliphatic hydroxyl groups is 1. The van der Waals surface area contributed by atoms with Crippen LogP contribution in [0.2, 0.25) is 0 Å². The molecule has 0 unspecified atom stereocenters. The number of aliphatic carboxylic acids is 1. The van der Waals surface area contributed by atoms with E-state index >= 15 is 0 Å². The van der Waals surface area contributed by atoms with E-state index in [0.29, 0.717) is 32.4 Å². The summed E-state index contributed by atoms with van der Waals surface area (Å²) in [6.45, 7) is 2.22. The van der Waals surface area contributed by atoms with Crippen LogP contribution in [0.4, 0.5) is 5.69 Å². The van der Waals surface area contributed by atoms with E-state index in [0.717, 1.165) is 24.2 Å². The number of carbonyl (C=O) groups is 2. The highest BCUT2D eigenvalue weighted by Crippen LogP contribution is 2.20. The molecule has 2 rings (SSSR count). The number of anilines is 1. The summed E-state index contributed by atoms with van der Waals surface area (Å²) in [6.07, 6.45) is 2.03. The second-order valence-electron chi connectivity index (χ2n) is 5.98. The van der Waals surface area contributed by atoms with E-state index < -0.39 is 5.97 Å². The lowest BCUT2D eigenvalue weighted by molar-refractivity contribution is -0.137. The number of carbonyl (C=O) groups excluding carboxylic acids is 1. The van der Waals surface area contributed by atoms with Gasteiger partial charge >= 0.3 is 5.97 Å². The number of carboxylic acids is 1. The zero-order chi connectivity index (χ0) is 16.7. The van der Waals surface area contributed by atoms with E-state index in [9.17, 15) is 14.7 Å². The van der Waals surface area contributed by atoms with Crippen LogP contribution in [-0.2, 0) is 16.1 Å². The molecule has 0 bridgehead atoms. The Balaban J connectivity index is 1.84. The van der Waals surface area contributed by atoms with Gasteiger partial charge in [-0.1, -0.05) is 18.2 Å². The maximum absolute atomic E-state index is 12.0. The van der Waals surface area contributed by atoms with Crippen LogP contribution < -0.4 is 5.32 Å². The molecule has 0 aliphatic carbocycles. The van der Waals surface area contributed by atoms with Gasteiger partial charge in [0.2, 0.25) is 5.91 Å². The number of carboxylic acid groups (broad SMARTS) is 1. The lowest BCUT2D eigenvalue weighted by atomic mass is 10.1. The van der Waals surface area contributed by atoms with Crippen molar-refractivity contribution in [3.05, 3.63) is 29.8 Å². The molecule has 1 fully saturated rings. The largest absolute Gasteiger partial charge is 0.481 e. The molecule has 0 saturated carbocycles. The summed E-state index contributed by atoms with van der Waals surface area (Å²) >= 11 is 0. The van der Waals surface area contributed by atoms with Crippen LogP contribution in [0, 0.1) is 0 Å². The van der Waals surface area contributed by atoms with E-state index in [4.69, 9.17) is 5.11 Å². The normalized spacial score (nSPS) is 18.0.